The van der Waals surface area contributed by atoms with Gasteiger partial charge in [-0.15, -0.1) is 0 Å². The molecule has 0 bridgehead atoms. The van der Waals surface area contributed by atoms with Gasteiger partial charge in [-0.05, 0) is 171 Å². The molecule has 0 unspecified atom stereocenters. The van der Waals surface area contributed by atoms with Crippen LogP contribution in [0.3, 0.4) is 0 Å². The van der Waals surface area contributed by atoms with Gasteiger partial charge >= 0.3 is 0 Å². The van der Waals surface area contributed by atoms with Gasteiger partial charge in [0.1, 0.15) is 0 Å². The number of aryl methyl sites for hydroxylation is 1. The van der Waals surface area contributed by atoms with Crippen LogP contribution in [-0.4, -0.2) is 33.8 Å². The van der Waals surface area contributed by atoms with E-state index in [-0.39, 0.29) is 13.4 Å². The van der Waals surface area contributed by atoms with Crippen molar-refractivity contribution < 1.29 is 0 Å². The van der Waals surface area contributed by atoms with Crippen LogP contribution in [0, 0.1) is 6.92 Å². The second-order valence-electron chi connectivity index (χ2n) is 28.9. The van der Waals surface area contributed by atoms with E-state index >= 15 is 0 Å². The highest BCUT2D eigenvalue weighted by molar-refractivity contribution is 7.03. The minimum Gasteiger partial charge on any atom is -0.310 e. The zero-order valence-electron chi connectivity index (χ0n) is 57.5. The van der Waals surface area contributed by atoms with Gasteiger partial charge in [-0.3, -0.25) is 0 Å². The Balaban J connectivity index is 0.0000000978. The van der Waals surface area contributed by atoms with Crippen LogP contribution in [0.2, 0.25) is 0 Å². The smallest absolute Gasteiger partial charge is 0.248 e. The molecule has 0 atom stereocenters. The summed E-state index contributed by atoms with van der Waals surface area (Å²) in [5, 5.41) is 8.02. The van der Waals surface area contributed by atoms with Crippen LogP contribution < -0.4 is 59.0 Å². The van der Waals surface area contributed by atoms with Gasteiger partial charge in [0.05, 0.1) is 22.2 Å². The molecule has 3 aromatic heterocycles. The number of anilines is 6. The van der Waals surface area contributed by atoms with Crippen LogP contribution in [0.5, 0.6) is 0 Å². The summed E-state index contributed by atoms with van der Waals surface area (Å²) in [6, 6.07) is 131. The first-order valence-corrected chi connectivity index (χ1v) is 36.8. The maximum absolute atomic E-state index is 2.51. The molecular formula is C97H62B3N5. The lowest BCUT2D eigenvalue weighted by molar-refractivity contribution is 1.19. The van der Waals surface area contributed by atoms with E-state index in [1.54, 1.807) is 0 Å². The van der Waals surface area contributed by atoms with Crippen LogP contribution >= 0.6 is 0 Å². The van der Waals surface area contributed by atoms with Gasteiger partial charge in [-0.2, -0.15) is 0 Å². The summed E-state index contributed by atoms with van der Waals surface area (Å²) in [7, 11) is 0. The molecule has 8 heteroatoms. The predicted molar refractivity (Wildman–Crippen MR) is 447 cm³/mol. The van der Waals surface area contributed by atoms with Crippen LogP contribution in [0.4, 0.5) is 34.1 Å². The molecule has 484 valence electrons. The maximum atomic E-state index is 2.51. The second kappa shape index (κ2) is 22.4. The number of aromatic nitrogens is 3. The SMILES string of the molecule is Cc1ccc2c(c1)B1c3c-2cccc3-n2c3ccccc3c3cccc1c32.c1ccc(N(c2ccccc2)c2ccc3c(c2)-c2cccc4c2B3c2cccc3c5ccccc5n-4c23)cc1.c1ccc(N(c2ccccc2)c2cccc3c2-c2cccc4c2B3c2cccc3c5ccccc5n-4c23)cc1. The number of fused-ring (bicyclic) bond motifs is 24. The first kappa shape index (κ1) is 58.4. The van der Waals surface area contributed by atoms with E-state index in [0.29, 0.717) is 6.71 Å². The van der Waals surface area contributed by atoms with E-state index in [9.17, 15) is 0 Å². The van der Waals surface area contributed by atoms with Gasteiger partial charge in [-0.25, -0.2) is 0 Å². The van der Waals surface area contributed by atoms with Crippen molar-refractivity contribution in [3.63, 3.8) is 0 Å². The van der Waals surface area contributed by atoms with E-state index in [0.717, 1.165) is 22.7 Å². The van der Waals surface area contributed by atoms with Gasteiger partial charge in [-0.1, -0.05) is 277 Å². The molecule has 19 aromatic rings. The Kier molecular flexibility index (Phi) is 12.4. The Morgan fingerprint density at radius 2 is 0.600 bits per heavy atom. The average Bonchev–Trinajstić information content (AvgIpc) is 1.54. The molecule has 0 radical (unpaired) electrons. The van der Waals surface area contributed by atoms with Crippen molar-refractivity contribution in [2.45, 2.75) is 6.92 Å². The molecule has 16 aromatic carbocycles. The Bertz CT molecular complexity index is 6820. The van der Waals surface area contributed by atoms with Crippen LogP contribution in [0.25, 0.3) is 116 Å². The largest absolute Gasteiger partial charge is 0.310 e. The number of benzene rings is 16. The van der Waals surface area contributed by atoms with Crippen molar-refractivity contribution in [3.05, 3.63) is 363 Å². The lowest BCUT2D eigenvalue weighted by atomic mass is 9.37. The lowest BCUT2D eigenvalue weighted by Crippen LogP contribution is -2.53. The van der Waals surface area contributed by atoms with Crippen molar-refractivity contribution >= 4 is 169 Å². The van der Waals surface area contributed by atoms with E-state index in [2.05, 4.69) is 388 Å². The van der Waals surface area contributed by atoms with E-state index < -0.39 is 0 Å². The van der Waals surface area contributed by atoms with E-state index in [1.165, 1.54) is 182 Å². The quantitative estimate of drug-likeness (QED) is 0.155. The normalized spacial score (nSPS) is 12.8. The monoisotopic (exact) mass is 1330 g/mol. The van der Waals surface area contributed by atoms with Gasteiger partial charge < -0.3 is 23.5 Å². The van der Waals surface area contributed by atoms with Gasteiger partial charge in [0, 0.05) is 99.9 Å². The molecule has 25 rings (SSSR count). The van der Waals surface area contributed by atoms with Crippen LogP contribution in [0.1, 0.15) is 5.56 Å². The van der Waals surface area contributed by atoms with Crippen LogP contribution in [0.15, 0.2) is 358 Å². The Morgan fingerprint density at radius 1 is 0.229 bits per heavy atom. The molecule has 9 heterocycles. The predicted octanol–water partition coefficient (Wildman–Crippen LogP) is 18.0. The Labute approximate surface area is 609 Å². The number of hydrogen-bond donors (Lipinski definition) is 0. The van der Waals surface area contributed by atoms with Crippen molar-refractivity contribution in [2.24, 2.45) is 0 Å². The summed E-state index contributed by atoms with van der Waals surface area (Å²) in [6.45, 7) is 2.99. The topological polar surface area (TPSA) is 21.3 Å². The van der Waals surface area contributed by atoms with E-state index in [1.807, 2.05) is 0 Å². The van der Waals surface area contributed by atoms with Gasteiger partial charge in [0.2, 0.25) is 20.1 Å². The van der Waals surface area contributed by atoms with Crippen molar-refractivity contribution in [1.29, 1.82) is 0 Å². The van der Waals surface area contributed by atoms with Gasteiger partial charge in [0.25, 0.3) is 0 Å². The molecule has 0 aliphatic carbocycles. The standard InChI is InChI=1S/2C36H23BN2.C25H16BN/c1-3-12-24(13-4-1)38(25-14-5-2-6-15-25)32-22-11-19-29-34(32)28-18-10-23-33-35(28)37(29)30-20-9-17-27-26-16-7-8-21-31(26)39(33)36(27)30;1-3-11-24(12-4-1)38(25-13-5-2-6-14-25)26-21-22-31-30(23-26)28-16-10-20-34-35(28)37(31)32-18-9-17-29-27-15-7-8-19-33(27)39(34)36(29)32;1-15-12-13-16-18-7-5-11-23-24(18)26(21(16)14-15)20-9-4-8-19-17-6-2-3-10-22(17)27(23)25(19)20/h2*1-23H;2-14H,1H3. The van der Waals surface area contributed by atoms with Crippen molar-refractivity contribution in [1.82, 2.24) is 13.7 Å². The summed E-state index contributed by atoms with van der Waals surface area (Å²) in [6.07, 6.45) is 0. The molecule has 0 N–H and O–H groups in total. The summed E-state index contributed by atoms with van der Waals surface area (Å²) in [4.78, 5) is 4.76. The molecule has 6 aliphatic rings. The summed E-state index contributed by atoms with van der Waals surface area (Å²) in [5.41, 5.74) is 41.2. The molecule has 0 saturated heterocycles. The highest BCUT2D eigenvalue weighted by atomic mass is 15.2. The van der Waals surface area contributed by atoms with Crippen molar-refractivity contribution in [2.75, 3.05) is 9.80 Å². The third-order valence-corrected chi connectivity index (χ3v) is 23.6. The molecule has 0 spiro atoms. The highest BCUT2D eigenvalue weighted by Crippen LogP contribution is 2.46. The number of rotatable bonds is 6. The fraction of sp³-hybridized carbons (Fsp3) is 0.0103. The third-order valence-electron chi connectivity index (χ3n) is 23.6. The van der Waals surface area contributed by atoms with Crippen LogP contribution in [-0.2, 0) is 0 Å². The third kappa shape index (κ3) is 8.16. The molecular weight excluding hydrogens is 1270 g/mol. The lowest BCUT2D eigenvalue weighted by Gasteiger charge is -2.28. The summed E-state index contributed by atoms with van der Waals surface area (Å²) >= 11 is 0. The fourth-order valence-electron chi connectivity index (χ4n) is 19.7. The molecule has 5 nitrogen and oxygen atoms in total. The first-order chi connectivity index (χ1) is 52.1. The molecule has 0 amide bonds. The molecule has 0 saturated carbocycles. The fourth-order valence-corrected chi connectivity index (χ4v) is 19.7. The van der Waals surface area contributed by atoms with Gasteiger partial charge in [0.15, 0.2) is 0 Å². The Hall–Kier alpha value is -13.3. The maximum Gasteiger partial charge on any atom is 0.248 e. The molecule has 6 aliphatic heterocycles. The minimum atomic E-state index is 0.208. The highest BCUT2D eigenvalue weighted by Gasteiger charge is 2.45. The van der Waals surface area contributed by atoms with E-state index in [4.69, 9.17) is 0 Å². The molecule has 0 fully saturated rings. The summed E-state index contributed by atoms with van der Waals surface area (Å²) < 4.78 is 7.50. The minimum absolute atomic E-state index is 0.208. The zero-order valence-corrected chi connectivity index (χ0v) is 57.5. The number of para-hydroxylation sites is 10. The zero-order chi connectivity index (χ0) is 68.7. The summed E-state index contributed by atoms with van der Waals surface area (Å²) in [5.74, 6) is 0. The number of hydrogen-bond acceptors (Lipinski definition) is 2. The first-order valence-electron chi connectivity index (χ1n) is 36.8. The second-order valence-corrected chi connectivity index (χ2v) is 28.9. The Morgan fingerprint density at radius 3 is 1.09 bits per heavy atom. The molecule has 105 heavy (non-hydrogen) atoms. The van der Waals surface area contributed by atoms with Crippen molar-refractivity contribution in [3.8, 4) is 50.4 Å². The average molecular weight is 1330 g/mol. The number of nitrogens with zero attached hydrogens (tertiary/aromatic N) is 5.